The molecule has 0 saturated heterocycles. The Kier molecular flexibility index (Phi) is 4.63. The summed E-state index contributed by atoms with van der Waals surface area (Å²) in [5.74, 6) is 1.61. The zero-order valence-corrected chi connectivity index (χ0v) is 12.2. The van der Waals surface area contributed by atoms with E-state index in [9.17, 15) is 0 Å². The first kappa shape index (κ1) is 13.7. The molecule has 5 heteroatoms. The van der Waals surface area contributed by atoms with Crippen molar-refractivity contribution >= 4 is 17.0 Å². The monoisotopic (exact) mass is 278 g/mol. The second-order valence-electron chi connectivity index (χ2n) is 3.99. The highest BCUT2D eigenvalue weighted by molar-refractivity contribution is 7.11. The summed E-state index contributed by atoms with van der Waals surface area (Å²) in [7, 11) is 3.32. The Morgan fingerprint density at radius 3 is 2.74 bits per heavy atom. The van der Waals surface area contributed by atoms with Crippen LogP contribution in [0.25, 0.3) is 0 Å². The number of nitrogens with zero attached hydrogens (tertiary/aromatic N) is 1. The molecule has 0 amide bonds. The lowest BCUT2D eigenvalue weighted by Crippen LogP contribution is -2.00. The van der Waals surface area contributed by atoms with Gasteiger partial charge >= 0.3 is 0 Å². The summed E-state index contributed by atoms with van der Waals surface area (Å²) in [5.41, 5.74) is 0.924. The van der Waals surface area contributed by atoms with Crippen LogP contribution in [0, 0.1) is 0 Å². The molecule has 0 atom stereocenters. The maximum absolute atomic E-state index is 5.33. The van der Waals surface area contributed by atoms with Gasteiger partial charge in [-0.05, 0) is 18.6 Å². The van der Waals surface area contributed by atoms with Crippen LogP contribution in [0.4, 0.5) is 5.69 Å². The van der Waals surface area contributed by atoms with Crippen molar-refractivity contribution in [3.05, 3.63) is 34.3 Å². The molecule has 0 aliphatic heterocycles. The molecule has 0 saturated carbocycles. The number of anilines is 1. The second-order valence-corrected chi connectivity index (χ2v) is 5.19. The fourth-order valence-corrected chi connectivity index (χ4v) is 2.53. The van der Waals surface area contributed by atoms with E-state index in [0.29, 0.717) is 0 Å². The summed E-state index contributed by atoms with van der Waals surface area (Å²) >= 11 is 1.73. The van der Waals surface area contributed by atoms with Gasteiger partial charge in [0.25, 0.3) is 0 Å². The van der Waals surface area contributed by atoms with Crippen LogP contribution >= 0.6 is 11.3 Å². The average molecular weight is 278 g/mol. The molecule has 2 rings (SSSR count). The van der Waals surface area contributed by atoms with Gasteiger partial charge in [-0.1, -0.05) is 6.92 Å². The van der Waals surface area contributed by atoms with Crippen molar-refractivity contribution in [2.24, 2.45) is 0 Å². The fraction of sp³-hybridized carbons (Fsp3) is 0.357. The smallest absolute Gasteiger partial charge is 0.142 e. The molecule has 0 aliphatic rings. The largest absolute Gasteiger partial charge is 0.497 e. The Bertz CT molecular complexity index is 540. The number of benzene rings is 1. The van der Waals surface area contributed by atoms with Gasteiger partial charge in [0.2, 0.25) is 0 Å². The standard InChI is InChI=1S/C14H18N2O2S/c1-4-14-16-9-11(19-14)8-15-12-7-10(17-2)5-6-13(12)18-3/h5-7,9,15H,4,8H2,1-3H3. The summed E-state index contributed by atoms with van der Waals surface area (Å²) in [4.78, 5) is 5.56. The molecule has 1 aromatic heterocycles. The van der Waals surface area contributed by atoms with Crippen molar-refractivity contribution < 1.29 is 9.47 Å². The highest BCUT2D eigenvalue weighted by atomic mass is 32.1. The minimum atomic E-state index is 0.737. The minimum absolute atomic E-state index is 0.737. The van der Waals surface area contributed by atoms with Crippen molar-refractivity contribution in [2.75, 3.05) is 19.5 Å². The average Bonchev–Trinajstić information content (AvgIpc) is 2.92. The fourth-order valence-electron chi connectivity index (χ4n) is 1.73. The molecule has 1 N–H and O–H groups in total. The van der Waals surface area contributed by atoms with E-state index < -0.39 is 0 Å². The molecule has 0 fully saturated rings. The number of hydrogen-bond donors (Lipinski definition) is 1. The van der Waals surface area contributed by atoms with Gasteiger partial charge in [0.1, 0.15) is 11.5 Å². The summed E-state index contributed by atoms with van der Waals surface area (Å²) in [6.07, 6.45) is 2.90. The molecular formula is C14H18N2O2S. The molecule has 0 bridgehead atoms. The molecule has 0 spiro atoms. The molecule has 0 aliphatic carbocycles. The van der Waals surface area contributed by atoms with Crippen LogP contribution in [-0.2, 0) is 13.0 Å². The molecule has 1 heterocycles. The lowest BCUT2D eigenvalue weighted by atomic mass is 10.2. The van der Waals surface area contributed by atoms with E-state index in [2.05, 4.69) is 17.2 Å². The Balaban J connectivity index is 2.09. The molecule has 4 nitrogen and oxygen atoms in total. The number of nitrogens with one attached hydrogen (secondary N) is 1. The summed E-state index contributed by atoms with van der Waals surface area (Å²) in [6.45, 7) is 2.85. The van der Waals surface area contributed by atoms with Gasteiger partial charge in [-0.3, -0.25) is 0 Å². The number of aryl methyl sites for hydroxylation is 1. The van der Waals surface area contributed by atoms with Crippen molar-refractivity contribution in [3.8, 4) is 11.5 Å². The molecular weight excluding hydrogens is 260 g/mol. The Morgan fingerprint density at radius 1 is 1.26 bits per heavy atom. The summed E-state index contributed by atoms with van der Waals surface area (Å²) < 4.78 is 10.6. The first-order valence-electron chi connectivity index (χ1n) is 6.16. The maximum atomic E-state index is 5.33. The number of aromatic nitrogens is 1. The van der Waals surface area contributed by atoms with Crippen molar-refractivity contribution in [1.29, 1.82) is 0 Å². The highest BCUT2D eigenvalue weighted by Crippen LogP contribution is 2.29. The van der Waals surface area contributed by atoms with Crippen molar-refractivity contribution in [1.82, 2.24) is 4.98 Å². The van der Waals surface area contributed by atoms with Gasteiger partial charge in [0.15, 0.2) is 0 Å². The van der Waals surface area contributed by atoms with E-state index in [1.807, 2.05) is 24.4 Å². The third-order valence-corrected chi connectivity index (χ3v) is 3.91. The number of hydrogen-bond acceptors (Lipinski definition) is 5. The Hall–Kier alpha value is -1.75. The second kappa shape index (κ2) is 6.43. The molecule has 0 unspecified atom stereocenters. The van der Waals surface area contributed by atoms with E-state index in [1.54, 1.807) is 25.6 Å². The molecule has 102 valence electrons. The first-order chi connectivity index (χ1) is 9.26. The summed E-state index contributed by atoms with van der Waals surface area (Å²) in [5, 5.41) is 4.52. The zero-order chi connectivity index (χ0) is 13.7. The van der Waals surface area contributed by atoms with Crippen LogP contribution in [0.3, 0.4) is 0 Å². The molecule has 1 aromatic carbocycles. The Morgan fingerprint density at radius 2 is 2.11 bits per heavy atom. The minimum Gasteiger partial charge on any atom is -0.497 e. The van der Waals surface area contributed by atoms with Crippen LogP contribution < -0.4 is 14.8 Å². The Labute approximate surface area is 117 Å². The lowest BCUT2D eigenvalue weighted by molar-refractivity contribution is 0.404. The van der Waals surface area contributed by atoms with Crippen LogP contribution in [0.15, 0.2) is 24.4 Å². The van der Waals surface area contributed by atoms with E-state index >= 15 is 0 Å². The zero-order valence-electron chi connectivity index (χ0n) is 11.4. The number of rotatable bonds is 6. The van der Waals surface area contributed by atoms with Gasteiger partial charge in [-0.15, -0.1) is 11.3 Å². The van der Waals surface area contributed by atoms with Crippen LogP contribution in [0.2, 0.25) is 0 Å². The topological polar surface area (TPSA) is 43.4 Å². The van der Waals surface area contributed by atoms with Crippen molar-refractivity contribution in [3.63, 3.8) is 0 Å². The number of methoxy groups -OCH3 is 2. The number of thiazole rings is 1. The first-order valence-corrected chi connectivity index (χ1v) is 6.98. The molecule has 19 heavy (non-hydrogen) atoms. The number of ether oxygens (including phenoxy) is 2. The van der Waals surface area contributed by atoms with Crippen LogP contribution in [-0.4, -0.2) is 19.2 Å². The van der Waals surface area contributed by atoms with Gasteiger partial charge in [0.05, 0.1) is 31.5 Å². The maximum Gasteiger partial charge on any atom is 0.142 e. The van der Waals surface area contributed by atoms with E-state index in [4.69, 9.17) is 9.47 Å². The van der Waals surface area contributed by atoms with Crippen LogP contribution in [0.1, 0.15) is 16.8 Å². The van der Waals surface area contributed by atoms with Crippen molar-refractivity contribution in [2.45, 2.75) is 19.9 Å². The predicted molar refractivity (Wildman–Crippen MR) is 78.4 cm³/mol. The molecule has 0 radical (unpaired) electrons. The predicted octanol–water partition coefficient (Wildman–Crippen LogP) is 3.33. The van der Waals surface area contributed by atoms with Gasteiger partial charge in [-0.2, -0.15) is 0 Å². The third kappa shape index (κ3) is 3.38. The lowest BCUT2D eigenvalue weighted by Gasteiger charge is -2.11. The summed E-state index contributed by atoms with van der Waals surface area (Å²) in [6, 6.07) is 5.71. The van der Waals surface area contributed by atoms with Gasteiger partial charge in [-0.25, -0.2) is 4.98 Å². The van der Waals surface area contributed by atoms with E-state index in [1.165, 1.54) is 4.88 Å². The van der Waals surface area contributed by atoms with Crippen LogP contribution in [0.5, 0.6) is 11.5 Å². The molecule has 2 aromatic rings. The van der Waals surface area contributed by atoms with Gasteiger partial charge in [0, 0.05) is 17.1 Å². The normalized spacial score (nSPS) is 10.3. The van der Waals surface area contributed by atoms with E-state index in [-0.39, 0.29) is 0 Å². The highest BCUT2D eigenvalue weighted by Gasteiger charge is 2.06. The quantitative estimate of drug-likeness (QED) is 0.880. The van der Waals surface area contributed by atoms with E-state index in [0.717, 1.165) is 35.2 Å². The SMILES string of the molecule is CCc1ncc(CNc2cc(OC)ccc2OC)s1. The third-order valence-electron chi connectivity index (χ3n) is 2.76. The van der Waals surface area contributed by atoms with Gasteiger partial charge < -0.3 is 14.8 Å².